The Morgan fingerprint density at radius 1 is 0.941 bits per heavy atom. The van der Waals surface area contributed by atoms with Crippen LogP contribution >= 0.6 is 0 Å². The van der Waals surface area contributed by atoms with Crippen LogP contribution in [-0.4, -0.2) is 60.5 Å². The first-order valence-electron chi connectivity index (χ1n) is 7.05. The van der Waals surface area contributed by atoms with E-state index < -0.39 is 0 Å². The Hall–Kier alpha value is -0.160. The summed E-state index contributed by atoms with van der Waals surface area (Å²) in [5.74, 6) is 0. The summed E-state index contributed by atoms with van der Waals surface area (Å²) in [6.45, 7) is 4.53. The van der Waals surface area contributed by atoms with Crippen LogP contribution in [0.15, 0.2) is 0 Å². The van der Waals surface area contributed by atoms with E-state index in [9.17, 15) is 0 Å². The van der Waals surface area contributed by atoms with E-state index in [1.807, 2.05) is 0 Å². The van der Waals surface area contributed by atoms with Crippen molar-refractivity contribution in [2.45, 2.75) is 44.6 Å². The molecule has 0 aliphatic heterocycles. The molecule has 1 fully saturated rings. The molecule has 0 aromatic heterocycles. The van der Waals surface area contributed by atoms with Gasteiger partial charge in [0.2, 0.25) is 0 Å². The highest BCUT2D eigenvalue weighted by molar-refractivity contribution is 4.77. The SMILES string of the molecule is OCCCNCCN(CCCO)C1CCCC1. The van der Waals surface area contributed by atoms with Crippen molar-refractivity contribution in [2.75, 3.05) is 39.4 Å². The molecule has 0 radical (unpaired) electrons. The van der Waals surface area contributed by atoms with Crippen LogP contribution in [0.25, 0.3) is 0 Å². The zero-order valence-electron chi connectivity index (χ0n) is 10.9. The molecular weight excluding hydrogens is 216 g/mol. The maximum atomic E-state index is 8.93. The van der Waals surface area contributed by atoms with Crippen molar-refractivity contribution in [3.8, 4) is 0 Å². The van der Waals surface area contributed by atoms with E-state index in [1.54, 1.807) is 0 Å². The van der Waals surface area contributed by atoms with Gasteiger partial charge in [0.1, 0.15) is 0 Å². The van der Waals surface area contributed by atoms with Gasteiger partial charge in [-0.25, -0.2) is 0 Å². The standard InChI is InChI=1S/C13H28N2O2/c16-11-3-7-14-8-10-15(9-4-12-17)13-5-1-2-6-13/h13-14,16-17H,1-12H2. The van der Waals surface area contributed by atoms with Crippen LogP contribution in [0.5, 0.6) is 0 Å². The molecule has 0 bridgehead atoms. The fraction of sp³-hybridized carbons (Fsp3) is 1.00. The largest absolute Gasteiger partial charge is 0.396 e. The van der Waals surface area contributed by atoms with Gasteiger partial charge in [-0.1, -0.05) is 12.8 Å². The first kappa shape index (κ1) is 14.9. The van der Waals surface area contributed by atoms with Gasteiger partial charge in [-0.3, -0.25) is 4.90 Å². The molecule has 1 aliphatic rings. The van der Waals surface area contributed by atoms with Crippen LogP contribution < -0.4 is 5.32 Å². The summed E-state index contributed by atoms with van der Waals surface area (Å²) in [6, 6.07) is 0.737. The molecule has 4 nitrogen and oxygen atoms in total. The molecule has 0 atom stereocenters. The first-order chi connectivity index (χ1) is 8.38. The minimum atomic E-state index is 0.268. The second-order valence-corrected chi connectivity index (χ2v) is 4.88. The van der Waals surface area contributed by atoms with Gasteiger partial charge < -0.3 is 15.5 Å². The Bertz CT molecular complexity index is 173. The van der Waals surface area contributed by atoms with Crippen molar-refractivity contribution < 1.29 is 10.2 Å². The molecule has 1 saturated carbocycles. The van der Waals surface area contributed by atoms with E-state index in [4.69, 9.17) is 10.2 Å². The number of rotatable bonds is 10. The zero-order valence-corrected chi connectivity index (χ0v) is 10.9. The van der Waals surface area contributed by atoms with Crippen molar-refractivity contribution in [2.24, 2.45) is 0 Å². The highest BCUT2D eigenvalue weighted by Crippen LogP contribution is 2.23. The van der Waals surface area contributed by atoms with Gasteiger partial charge in [0.05, 0.1) is 0 Å². The minimum absolute atomic E-state index is 0.268. The van der Waals surface area contributed by atoms with Crippen LogP contribution in [0.4, 0.5) is 0 Å². The van der Waals surface area contributed by atoms with Crippen molar-refractivity contribution in [1.82, 2.24) is 10.2 Å². The minimum Gasteiger partial charge on any atom is -0.396 e. The second kappa shape index (κ2) is 9.83. The third kappa shape index (κ3) is 6.36. The van der Waals surface area contributed by atoms with Crippen LogP contribution in [0.1, 0.15) is 38.5 Å². The summed E-state index contributed by atoms with van der Waals surface area (Å²) in [6.07, 6.45) is 7.08. The topological polar surface area (TPSA) is 55.7 Å². The van der Waals surface area contributed by atoms with Crippen molar-refractivity contribution in [3.05, 3.63) is 0 Å². The highest BCUT2D eigenvalue weighted by atomic mass is 16.3. The van der Waals surface area contributed by atoms with E-state index in [0.29, 0.717) is 6.61 Å². The van der Waals surface area contributed by atoms with Gasteiger partial charge >= 0.3 is 0 Å². The fourth-order valence-electron chi connectivity index (χ4n) is 2.57. The molecule has 4 heteroatoms. The first-order valence-corrected chi connectivity index (χ1v) is 7.05. The maximum absolute atomic E-state index is 8.93. The number of hydrogen-bond donors (Lipinski definition) is 3. The number of aliphatic hydroxyl groups excluding tert-OH is 2. The van der Waals surface area contributed by atoms with Crippen LogP contribution in [0.3, 0.4) is 0 Å². The number of nitrogens with one attached hydrogen (secondary N) is 1. The average Bonchev–Trinajstić information content (AvgIpc) is 2.86. The van der Waals surface area contributed by atoms with E-state index >= 15 is 0 Å². The van der Waals surface area contributed by atoms with Gasteiger partial charge in [0.25, 0.3) is 0 Å². The smallest absolute Gasteiger partial charge is 0.0443 e. The molecule has 17 heavy (non-hydrogen) atoms. The summed E-state index contributed by atoms with van der Waals surface area (Å²) in [7, 11) is 0. The van der Waals surface area contributed by atoms with Gasteiger partial charge in [-0.05, 0) is 32.2 Å². The van der Waals surface area contributed by atoms with Gasteiger partial charge in [-0.15, -0.1) is 0 Å². The molecule has 1 aliphatic carbocycles. The fourth-order valence-corrected chi connectivity index (χ4v) is 2.57. The normalized spacial score (nSPS) is 17.1. The number of aliphatic hydroxyl groups is 2. The molecule has 1 rings (SSSR count). The van der Waals surface area contributed by atoms with Crippen LogP contribution in [0, 0.1) is 0 Å². The van der Waals surface area contributed by atoms with Crippen LogP contribution in [0.2, 0.25) is 0 Å². The lowest BCUT2D eigenvalue weighted by Gasteiger charge is -2.28. The summed E-state index contributed by atoms with van der Waals surface area (Å²) in [5.41, 5.74) is 0. The van der Waals surface area contributed by atoms with Gasteiger partial charge in [-0.2, -0.15) is 0 Å². The van der Waals surface area contributed by atoms with E-state index in [0.717, 1.165) is 45.1 Å². The number of hydrogen-bond acceptors (Lipinski definition) is 4. The van der Waals surface area contributed by atoms with Crippen molar-refractivity contribution in [3.63, 3.8) is 0 Å². The Kier molecular flexibility index (Phi) is 8.61. The summed E-state index contributed by atoms with van der Waals surface area (Å²) in [5, 5.41) is 21.0. The Morgan fingerprint density at radius 3 is 2.29 bits per heavy atom. The third-order valence-corrected chi connectivity index (χ3v) is 3.53. The Balaban J connectivity index is 2.15. The summed E-state index contributed by atoms with van der Waals surface area (Å²) >= 11 is 0. The predicted octanol–water partition coefficient (Wildman–Crippen LogP) is 0.585. The molecule has 0 aromatic carbocycles. The molecule has 0 saturated heterocycles. The Morgan fingerprint density at radius 2 is 1.65 bits per heavy atom. The van der Waals surface area contributed by atoms with E-state index in [1.165, 1.54) is 25.7 Å². The lowest BCUT2D eigenvalue weighted by molar-refractivity contribution is 0.175. The lowest BCUT2D eigenvalue weighted by atomic mass is 10.2. The lowest BCUT2D eigenvalue weighted by Crippen LogP contribution is -2.39. The van der Waals surface area contributed by atoms with Gasteiger partial charge in [0, 0.05) is 38.9 Å². The maximum Gasteiger partial charge on any atom is 0.0443 e. The Labute approximate surface area is 105 Å². The summed E-state index contributed by atoms with van der Waals surface area (Å²) < 4.78 is 0. The van der Waals surface area contributed by atoms with Crippen molar-refractivity contribution >= 4 is 0 Å². The quantitative estimate of drug-likeness (QED) is 0.492. The highest BCUT2D eigenvalue weighted by Gasteiger charge is 2.21. The monoisotopic (exact) mass is 244 g/mol. The average molecular weight is 244 g/mol. The molecule has 0 aromatic rings. The van der Waals surface area contributed by atoms with E-state index in [-0.39, 0.29) is 6.61 Å². The predicted molar refractivity (Wildman–Crippen MR) is 70.1 cm³/mol. The summed E-state index contributed by atoms with van der Waals surface area (Å²) in [4.78, 5) is 2.52. The van der Waals surface area contributed by atoms with Crippen molar-refractivity contribution in [1.29, 1.82) is 0 Å². The molecule has 102 valence electrons. The third-order valence-electron chi connectivity index (χ3n) is 3.53. The molecule has 0 amide bonds. The molecule has 0 unspecified atom stereocenters. The number of nitrogens with zero attached hydrogens (tertiary/aromatic N) is 1. The second-order valence-electron chi connectivity index (χ2n) is 4.88. The molecule has 0 spiro atoms. The molecule has 0 heterocycles. The zero-order chi connectivity index (χ0) is 12.3. The van der Waals surface area contributed by atoms with Crippen LogP contribution in [-0.2, 0) is 0 Å². The molecule has 3 N–H and O–H groups in total. The van der Waals surface area contributed by atoms with Gasteiger partial charge in [0.15, 0.2) is 0 Å². The van der Waals surface area contributed by atoms with E-state index in [2.05, 4.69) is 10.2 Å². The molecular formula is C13H28N2O2.